The van der Waals surface area contributed by atoms with Crippen LogP contribution in [0.2, 0.25) is 5.02 Å². The van der Waals surface area contributed by atoms with Crippen LogP contribution < -0.4 is 5.32 Å². The maximum atomic E-state index is 12.2. The molecule has 114 valence electrons. The van der Waals surface area contributed by atoms with Crippen LogP contribution in [0.15, 0.2) is 24.3 Å². The van der Waals surface area contributed by atoms with Crippen LogP contribution >= 0.6 is 11.6 Å². The highest BCUT2D eigenvalue weighted by Gasteiger charge is 2.39. The molecule has 7 heteroatoms. The molecule has 2 unspecified atom stereocenters. The molecule has 2 N–H and O–H groups in total. The summed E-state index contributed by atoms with van der Waals surface area (Å²) in [7, 11) is 1.51. The Morgan fingerprint density at radius 2 is 2.19 bits per heavy atom. The molecular weight excluding hydrogens is 296 g/mol. The molecule has 6 nitrogen and oxygen atoms in total. The van der Waals surface area contributed by atoms with Crippen molar-refractivity contribution in [2.45, 2.75) is 25.1 Å². The number of hydrogen-bond acceptors (Lipinski definition) is 3. The predicted molar refractivity (Wildman–Crippen MR) is 77.2 cm³/mol. The molecule has 1 heterocycles. The van der Waals surface area contributed by atoms with E-state index in [-0.39, 0.29) is 19.2 Å². The molecule has 2 rings (SSSR count). The SMILES string of the molecule is COC1CC(C(=O)O)N(C(=O)NCc2ccccc2Cl)C1. The van der Waals surface area contributed by atoms with E-state index in [9.17, 15) is 14.7 Å². The number of carboxylic acid groups (broad SMARTS) is 1. The highest BCUT2D eigenvalue weighted by molar-refractivity contribution is 6.31. The first kappa shape index (κ1) is 15.6. The molecule has 21 heavy (non-hydrogen) atoms. The minimum absolute atomic E-state index is 0.249. The monoisotopic (exact) mass is 312 g/mol. The van der Waals surface area contributed by atoms with Crippen LogP contribution in [0, 0.1) is 0 Å². The standard InChI is InChI=1S/C14H17ClN2O4/c1-21-10-6-12(13(18)19)17(8-10)14(20)16-7-9-4-2-3-5-11(9)15/h2-5,10,12H,6-8H2,1H3,(H,16,20)(H,18,19). The summed E-state index contributed by atoms with van der Waals surface area (Å²) in [6.45, 7) is 0.515. The third kappa shape index (κ3) is 3.65. The van der Waals surface area contributed by atoms with E-state index in [1.54, 1.807) is 18.2 Å². The summed E-state index contributed by atoms with van der Waals surface area (Å²) in [5.41, 5.74) is 0.780. The van der Waals surface area contributed by atoms with Gasteiger partial charge in [0.2, 0.25) is 0 Å². The van der Waals surface area contributed by atoms with Crippen LogP contribution in [-0.2, 0) is 16.1 Å². The largest absolute Gasteiger partial charge is 0.480 e. The molecule has 0 aromatic heterocycles. The van der Waals surface area contributed by atoms with Gasteiger partial charge in [-0.2, -0.15) is 0 Å². The van der Waals surface area contributed by atoms with Gasteiger partial charge in [0, 0.05) is 31.6 Å². The summed E-state index contributed by atoms with van der Waals surface area (Å²) < 4.78 is 5.15. The fraction of sp³-hybridized carbons (Fsp3) is 0.429. The number of carboxylic acids is 1. The van der Waals surface area contributed by atoms with E-state index in [2.05, 4.69) is 5.32 Å². The second kappa shape index (κ2) is 6.78. The van der Waals surface area contributed by atoms with Gasteiger partial charge in [-0.15, -0.1) is 0 Å². The molecule has 0 bridgehead atoms. The number of methoxy groups -OCH3 is 1. The van der Waals surface area contributed by atoms with Crippen LogP contribution in [-0.4, -0.2) is 47.8 Å². The number of rotatable bonds is 4. The normalized spacial score (nSPS) is 21.3. The van der Waals surface area contributed by atoms with E-state index in [1.807, 2.05) is 6.07 Å². The number of carbonyl (C=O) groups excluding carboxylic acids is 1. The summed E-state index contributed by atoms with van der Waals surface area (Å²) >= 11 is 6.01. The smallest absolute Gasteiger partial charge is 0.326 e. The first-order chi connectivity index (χ1) is 10.0. The van der Waals surface area contributed by atoms with Gasteiger partial charge < -0.3 is 20.1 Å². The van der Waals surface area contributed by atoms with Gasteiger partial charge in [-0.25, -0.2) is 9.59 Å². The zero-order valence-electron chi connectivity index (χ0n) is 11.6. The highest BCUT2D eigenvalue weighted by atomic mass is 35.5. The first-order valence-electron chi connectivity index (χ1n) is 6.56. The van der Waals surface area contributed by atoms with Crippen molar-refractivity contribution in [3.63, 3.8) is 0 Å². The van der Waals surface area contributed by atoms with Crippen LogP contribution in [0.5, 0.6) is 0 Å². The number of nitrogens with zero attached hydrogens (tertiary/aromatic N) is 1. The molecule has 0 saturated carbocycles. The average Bonchev–Trinajstić information content (AvgIpc) is 2.90. The van der Waals surface area contributed by atoms with Crippen molar-refractivity contribution in [1.29, 1.82) is 0 Å². The lowest BCUT2D eigenvalue weighted by atomic mass is 10.2. The zero-order valence-corrected chi connectivity index (χ0v) is 12.3. The van der Waals surface area contributed by atoms with E-state index >= 15 is 0 Å². The van der Waals surface area contributed by atoms with Crippen molar-refractivity contribution in [2.24, 2.45) is 0 Å². The third-order valence-electron chi connectivity index (χ3n) is 3.53. The molecule has 1 fully saturated rings. The number of ether oxygens (including phenoxy) is 1. The molecular formula is C14H17ClN2O4. The van der Waals surface area contributed by atoms with Crippen LogP contribution in [0.3, 0.4) is 0 Å². The summed E-state index contributed by atoms with van der Waals surface area (Å²) in [5, 5.41) is 12.4. The van der Waals surface area contributed by atoms with E-state index in [1.165, 1.54) is 12.0 Å². The maximum Gasteiger partial charge on any atom is 0.326 e. The molecule has 1 saturated heterocycles. The second-order valence-corrected chi connectivity index (χ2v) is 5.26. The lowest BCUT2D eigenvalue weighted by Gasteiger charge is -2.21. The van der Waals surface area contributed by atoms with Crippen molar-refractivity contribution in [2.75, 3.05) is 13.7 Å². The molecule has 0 radical (unpaired) electrons. The summed E-state index contributed by atoms with van der Waals surface area (Å²) in [5.74, 6) is -1.03. The van der Waals surface area contributed by atoms with Gasteiger partial charge >= 0.3 is 12.0 Å². The lowest BCUT2D eigenvalue weighted by Crippen LogP contribution is -2.46. The van der Waals surface area contributed by atoms with Gasteiger partial charge in [-0.05, 0) is 11.6 Å². The Kier molecular flexibility index (Phi) is 5.03. The van der Waals surface area contributed by atoms with Gasteiger partial charge in [0.25, 0.3) is 0 Å². The number of nitrogens with one attached hydrogen (secondary N) is 1. The Labute approximate surface area is 127 Å². The fourth-order valence-electron chi connectivity index (χ4n) is 2.34. The lowest BCUT2D eigenvalue weighted by molar-refractivity contribution is -0.141. The first-order valence-corrected chi connectivity index (χ1v) is 6.94. The van der Waals surface area contributed by atoms with E-state index in [0.717, 1.165) is 5.56 Å². The van der Waals surface area contributed by atoms with Crippen molar-refractivity contribution >= 4 is 23.6 Å². The predicted octanol–water partition coefficient (Wildman–Crippen LogP) is 1.72. The minimum atomic E-state index is -1.03. The Bertz CT molecular complexity index is 537. The number of carbonyl (C=O) groups is 2. The van der Waals surface area contributed by atoms with Gasteiger partial charge in [0.1, 0.15) is 6.04 Å². The summed E-state index contributed by atoms with van der Waals surface area (Å²) in [6, 6.07) is 5.88. The molecule has 1 aliphatic heterocycles. The Morgan fingerprint density at radius 1 is 1.48 bits per heavy atom. The minimum Gasteiger partial charge on any atom is -0.480 e. The Hall–Kier alpha value is -1.79. The van der Waals surface area contributed by atoms with Gasteiger partial charge in [0.15, 0.2) is 0 Å². The molecule has 1 aromatic carbocycles. The van der Waals surface area contributed by atoms with Crippen molar-refractivity contribution in [1.82, 2.24) is 10.2 Å². The number of hydrogen-bond donors (Lipinski definition) is 2. The van der Waals surface area contributed by atoms with Crippen molar-refractivity contribution in [3.8, 4) is 0 Å². The maximum absolute atomic E-state index is 12.2. The van der Waals surface area contributed by atoms with Crippen molar-refractivity contribution < 1.29 is 19.4 Å². The van der Waals surface area contributed by atoms with Crippen LogP contribution in [0.4, 0.5) is 4.79 Å². The summed E-state index contributed by atoms with van der Waals surface area (Å²) in [6.07, 6.45) is 0.0443. The number of likely N-dealkylation sites (tertiary alicyclic amines) is 1. The molecule has 2 atom stereocenters. The van der Waals surface area contributed by atoms with E-state index in [0.29, 0.717) is 11.4 Å². The Balaban J connectivity index is 1.99. The van der Waals surface area contributed by atoms with Crippen LogP contribution in [0.25, 0.3) is 0 Å². The second-order valence-electron chi connectivity index (χ2n) is 4.85. The summed E-state index contributed by atoms with van der Waals surface area (Å²) in [4.78, 5) is 24.7. The molecule has 1 aliphatic rings. The topological polar surface area (TPSA) is 78.9 Å². The quantitative estimate of drug-likeness (QED) is 0.887. The van der Waals surface area contributed by atoms with Gasteiger partial charge in [0.05, 0.1) is 6.10 Å². The average molecular weight is 313 g/mol. The molecule has 0 aliphatic carbocycles. The van der Waals surface area contributed by atoms with Gasteiger partial charge in [-0.1, -0.05) is 29.8 Å². The Morgan fingerprint density at radius 3 is 2.81 bits per heavy atom. The number of amides is 2. The molecule has 2 amide bonds. The third-order valence-corrected chi connectivity index (χ3v) is 3.90. The van der Waals surface area contributed by atoms with Crippen molar-refractivity contribution in [3.05, 3.63) is 34.9 Å². The van der Waals surface area contributed by atoms with E-state index in [4.69, 9.17) is 16.3 Å². The highest BCUT2D eigenvalue weighted by Crippen LogP contribution is 2.21. The number of aliphatic carboxylic acids is 1. The zero-order chi connectivity index (χ0) is 15.4. The fourth-order valence-corrected chi connectivity index (χ4v) is 2.54. The number of benzene rings is 1. The number of halogens is 1. The van der Waals surface area contributed by atoms with Crippen LogP contribution in [0.1, 0.15) is 12.0 Å². The molecule has 0 spiro atoms. The molecule has 1 aromatic rings. The van der Waals surface area contributed by atoms with E-state index < -0.39 is 18.0 Å². The number of urea groups is 1. The van der Waals surface area contributed by atoms with Gasteiger partial charge in [-0.3, -0.25) is 0 Å².